The van der Waals surface area contributed by atoms with Gasteiger partial charge in [-0.3, -0.25) is 4.79 Å². The molecule has 1 aliphatic rings. The van der Waals surface area contributed by atoms with Crippen molar-refractivity contribution in [3.63, 3.8) is 0 Å². The molecule has 0 unspecified atom stereocenters. The molecule has 0 saturated heterocycles. The molecule has 0 aromatic heterocycles. The summed E-state index contributed by atoms with van der Waals surface area (Å²) in [7, 11) is 0. The fourth-order valence-corrected chi connectivity index (χ4v) is 3.37. The predicted molar refractivity (Wildman–Crippen MR) is 111 cm³/mol. The minimum atomic E-state index is -1.16. The van der Waals surface area contributed by atoms with Gasteiger partial charge in [0.15, 0.2) is 0 Å². The zero-order valence-corrected chi connectivity index (χ0v) is 16.8. The average molecular weight is 428 g/mol. The van der Waals surface area contributed by atoms with Crippen LogP contribution >= 0.6 is 0 Å². The number of fused-ring (bicyclic) bond motifs is 3. The van der Waals surface area contributed by atoms with E-state index in [0.717, 1.165) is 11.1 Å². The highest BCUT2D eigenvalue weighted by Crippen LogP contribution is 2.44. The SMILES string of the molecule is O=C(O)CNC(=O)OCCOCCNC(=O)OCC1c2ccccc2-c2ccccc21. The van der Waals surface area contributed by atoms with Gasteiger partial charge in [-0.1, -0.05) is 48.5 Å². The molecule has 9 heteroatoms. The molecule has 2 aromatic rings. The Morgan fingerprint density at radius 3 is 2.06 bits per heavy atom. The Balaban J connectivity index is 1.32. The largest absolute Gasteiger partial charge is 0.480 e. The lowest BCUT2D eigenvalue weighted by Crippen LogP contribution is -2.31. The highest BCUT2D eigenvalue weighted by atomic mass is 16.6. The zero-order valence-electron chi connectivity index (χ0n) is 16.8. The molecule has 0 bridgehead atoms. The van der Waals surface area contributed by atoms with Crippen LogP contribution in [0.5, 0.6) is 0 Å². The van der Waals surface area contributed by atoms with E-state index in [2.05, 4.69) is 34.9 Å². The summed E-state index contributed by atoms with van der Waals surface area (Å²) in [5.41, 5.74) is 4.62. The molecule has 0 radical (unpaired) electrons. The summed E-state index contributed by atoms with van der Waals surface area (Å²) < 4.78 is 15.4. The third-order valence-electron chi connectivity index (χ3n) is 4.70. The van der Waals surface area contributed by atoms with E-state index >= 15 is 0 Å². The van der Waals surface area contributed by atoms with Crippen molar-refractivity contribution < 1.29 is 33.7 Å². The summed E-state index contributed by atoms with van der Waals surface area (Å²) in [5.74, 6) is -1.16. The Labute approximate surface area is 179 Å². The van der Waals surface area contributed by atoms with Gasteiger partial charge < -0.3 is 30.0 Å². The maximum Gasteiger partial charge on any atom is 0.407 e. The molecule has 0 saturated carbocycles. The Hall–Kier alpha value is -3.59. The second-order valence-corrected chi connectivity index (χ2v) is 6.75. The second kappa shape index (κ2) is 11.0. The van der Waals surface area contributed by atoms with Crippen molar-refractivity contribution >= 4 is 18.2 Å². The number of hydrogen-bond donors (Lipinski definition) is 3. The Morgan fingerprint density at radius 1 is 0.806 bits per heavy atom. The monoisotopic (exact) mass is 428 g/mol. The van der Waals surface area contributed by atoms with Gasteiger partial charge in [-0.25, -0.2) is 9.59 Å². The summed E-state index contributed by atoms with van der Waals surface area (Å²) in [4.78, 5) is 33.4. The lowest BCUT2D eigenvalue weighted by molar-refractivity contribution is -0.135. The normalized spacial score (nSPS) is 11.9. The van der Waals surface area contributed by atoms with Gasteiger partial charge in [-0.15, -0.1) is 0 Å². The standard InChI is InChI=1S/C22H24N2O7/c25-20(26)13-24-22(28)30-12-11-29-10-9-23-21(27)31-14-19-17-7-3-1-5-15(17)16-6-2-4-8-18(16)19/h1-8,19H,9-14H2,(H,23,27)(H,24,28)(H,25,26). The first-order valence-corrected chi connectivity index (χ1v) is 9.85. The molecule has 31 heavy (non-hydrogen) atoms. The van der Waals surface area contributed by atoms with Crippen LogP contribution in [0.3, 0.4) is 0 Å². The number of benzene rings is 2. The van der Waals surface area contributed by atoms with Crippen LogP contribution in [0.25, 0.3) is 11.1 Å². The topological polar surface area (TPSA) is 123 Å². The van der Waals surface area contributed by atoms with E-state index in [1.165, 1.54) is 11.1 Å². The number of carboxylic acid groups (broad SMARTS) is 1. The van der Waals surface area contributed by atoms with Crippen LogP contribution in [-0.4, -0.2) is 62.8 Å². The van der Waals surface area contributed by atoms with Crippen LogP contribution < -0.4 is 10.6 Å². The number of hydrogen-bond acceptors (Lipinski definition) is 6. The van der Waals surface area contributed by atoms with Gasteiger partial charge in [0, 0.05) is 12.5 Å². The number of alkyl carbamates (subject to hydrolysis) is 2. The van der Waals surface area contributed by atoms with Crippen LogP contribution in [0.15, 0.2) is 48.5 Å². The molecular weight excluding hydrogens is 404 g/mol. The van der Waals surface area contributed by atoms with Gasteiger partial charge in [0.25, 0.3) is 0 Å². The number of carbonyl (C=O) groups excluding carboxylic acids is 2. The molecular formula is C22H24N2O7. The van der Waals surface area contributed by atoms with Gasteiger partial charge in [0.05, 0.1) is 13.2 Å². The maximum absolute atomic E-state index is 12.0. The number of rotatable bonds is 10. The van der Waals surface area contributed by atoms with E-state index in [9.17, 15) is 14.4 Å². The molecule has 3 rings (SSSR count). The van der Waals surface area contributed by atoms with E-state index in [1.807, 2.05) is 24.3 Å². The van der Waals surface area contributed by atoms with Crippen molar-refractivity contribution in [3.05, 3.63) is 59.7 Å². The molecule has 0 aliphatic heterocycles. The number of carbonyl (C=O) groups is 3. The lowest BCUT2D eigenvalue weighted by Gasteiger charge is -2.14. The van der Waals surface area contributed by atoms with Crippen LogP contribution in [0, 0.1) is 0 Å². The van der Waals surface area contributed by atoms with Gasteiger partial charge in [0.2, 0.25) is 0 Å². The van der Waals surface area contributed by atoms with E-state index < -0.39 is 24.7 Å². The molecule has 0 spiro atoms. The average Bonchev–Trinajstić information content (AvgIpc) is 3.09. The molecule has 0 heterocycles. The molecule has 2 amide bonds. The van der Waals surface area contributed by atoms with Gasteiger partial charge in [-0.05, 0) is 22.3 Å². The lowest BCUT2D eigenvalue weighted by atomic mass is 9.98. The number of ether oxygens (including phenoxy) is 3. The minimum Gasteiger partial charge on any atom is -0.480 e. The molecule has 0 fully saturated rings. The first-order chi connectivity index (χ1) is 15.1. The Bertz CT molecular complexity index is 886. The maximum atomic E-state index is 12.0. The van der Waals surface area contributed by atoms with E-state index in [4.69, 9.17) is 19.3 Å². The van der Waals surface area contributed by atoms with Crippen LogP contribution in [0.4, 0.5) is 9.59 Å². The molecule has 0 atom stereocenters. The van der Waals surface area contributed by atoms with Crippen molar-refractivity contribution in [1.82, 2.24) is 10.6 Å². The van der Waals surface area contributed by atoms with Crippen LogP contribution in [-0.2, 0) is 19.0 Å². The summed E-state index contributed by atoms with van der Waals surface area (Å²) in [6, 6.07) is 16.2. The smallest absolute Gasteiger partial charge is 0.407 e. The minimum absolute atomic E-state index is 0.00109. The molecule has 2 aromatic carbocycles. The number of nitrogens with one attached hydrogen (secondary N) is 2. The second-order valence-electron chi connectivity index (χ2n) is 6.75. The summed E-state index contributed by atoms with van der Waals surface area (Å²) in [6.07, 6.45) is -1.36. The highest BCUT2D eigenvalue weighted by molar-refractivity contribution is 5.79. The van der Waals surface area contributed by atoms with Gasteiger partial charge in [0.1, 0.15) is 19.8 Å². The summed E-state index contributed by atoms with van der Waals surface area (Å²) >= 11 is 0. The third kappa shape index (κ3) is 6.19. The summed E-state index contributed by atoms with van der Waals surface area (Å²) in [6.45, 7) is 0.263. The zero-order chi connectivity index (χ0) is 22.1. The molecule has 164 valence electrons. The van der Waals surface area contributed by atoms with Crippen molar-refractivity contribution in [2.75, 3.05) is 39.5 Å². The Kier molecular flexibility index (Phi) is 7.83. The highest BCUT2D eigenvalue weighted by Gasteiger charge is 2.28. The molecule has 1 aliphatic carbocycles. The van der Waals surface area contributed by atoms with Crippen molar-refractivity contribution in [3.8, 4) is 11.1 Å². The Morgan fingerprint density at radius 2 is 1.42 bits per heavy atom. The van der Waals surface area contributed by atoms with Crippen molar-refractivity contribution in [1.29, 1.82) is 0 Å². The number of amides is 2. The quantitative estimate of drug-likeness (QED) is 0.496. The molecule has 9 nitrogen and oxygen atoms in total. The predicted octanol–water partition coefficient (Wildman–Crippen LogP) is 2.35. The van der Waals surface area contributed by atoms with E-state index in [0.29, 0.717) is 0 Å². The fourth-order valence-electron chi connectivity index (χ4n) is 3.37. The van der Waals surface area contributed by atoms with Crippen molar-refractivity contribution in [2.45, 2.75) is 5.92 Å². The first-order valence-electron chi connectivity index (χ1n) is 9.85. The first kappa shape index (κ1) is 22.1. The summed E-state index contributed by atoms with van der Waals surface area (Å²) in [5, 5.41) is 13.1. The van der Waals surface area contributed by atoms with Gasteiger partial charge in [-0.2, -0.15) is 0 Å². The van der Waals surface area contributed by atoms with Gasteiger partial charge >= 0.3 is 18.2 Å². The number of carboxylic acids is 1. The third-order valence-corrected chi connectivity index (χ3v) is 4.70. The van der Waals surface area contributed by atoms with Crippen LogP contribution in [0.1, 0.15) is 17.0 Å². The fraction of sp³-hybridized carbons (Fsp3) is 0.318. The number of aliphatic carboxylic acids is 1. The van der Waals surface area contributed by atoms with E-state index in [1.54, 1.807) is 0 Å². The van der Waals surface area contributed by atoms with Crippen LogP contribution in [0.2, 0.25) is 0 Å². The van der Waals surface area contributed by atoms with Crippen molar-refractivity contribution in [2.24, 2.45) is 0 Å². The van der Waals surface area contributed by atoms with E-state index in [-0.39, 0.29) is 38.9 Å². The molecule has 3 N–H and O–H groups in total.